The number of amides is 1. The number of aryl methyl sites for hydroxylation is 1. The SMILES string of the molecule is COc1cc(C(C#N)NC(=O)COc2cc3sc(C)nc3c3sccc23)cc(OC)c1OC. The molecular formula is C23H21N3O5S2. The van der Waals surface area contributed by atoms with Gasteiger partial charge in [-0.1, -0.05) is 0 Å². The quantitative estimate of drug-likeness (QED) is 0.390. The largest absolute Gasteiger partial charge is 0.493 e. The third-order valence-electron chi connectivity index (χ3n) is 4.98. The van der Waals surface area contributed by atoms with E-state index in [1.165, 1.54) is 21.3 Å². The maximum absolute atomic E-state index is 12.7. The predicted molar refractivity (Wildman–Crippen MR) is 128 cm³/mol. The van der Waals surface area contributed by atoms with Gasteiger partial charge in [-0.15, -0.1) is 22.7 Å². The Morgan fingerprint density at radius 1 is 1.15 bits per heavy atom. The van der Waals surface area contributed by atoms with Crippen LogP contribution in [0.3, 0.4) is 0 Å². The number of fused-ring (bicyclic) bond motifs is 3. The number of thiophene rings is 1. The van der Waals surface area contributed by atoms with Crippen molar-refractivity contribution >= 4 is 48.9 Å². The third kappa shape index (κ3) is 4.37. The Balaban J connectivity index is 1.53. The Hall–Kier alpha value is -3.55. The van der Waals surface area contributed by atoms with Crippen molar-refractivity contribution in [2.24, 2.45) is 0 Å². The number of carbonyl (C=O) groups is 1. The zero-order chi connectivity index (χ0) is 23.5. The minimum Gasteiger partial charge on any atom is -0.493 e. The summed E-state index contributed by atoms with van der Waals surface area (Å²) in [6.45, 7) is 1.72. The monoisotopic (exact) mass is 483 g/mol. The Bertz CT molecular complexity index is 1350. The van der Waals surface area contributed by atoms with Gasteiger partial charge < -0.3 is 24.3 Å². The number of hydrogen-bond acceptors (Lipinski definition) is 9. The fraction of sp³-hybridized carbons (Fsp3) is 0.261. The van der Waals surface area contributed by atoms with Gasteiger partial charge in [-0.25, -0.2) is 4.98 Å². The van der Waals surface area contributed by atoms with E-state index >= 15 is 0 Å². The van der Waals surface area contributed by atoms with Gasteiger partial charge in [0.15, 0.2) is 18.1 Å². The number of rotatable bonds is 8. The van der Waals surface area contributed by atoms with Crippen LogP contribution >= 0.6 is 22.7 Å². The number of thiazole rings is 1. The van der Waals surface area contributed by atoms with Gasteiger partial charge in [-0.05, 0) is 36.1 Å². The van der Waals surface area contributed by atoms with E-state index < -0.39 is 11.9 Å². The Morgan fingerprint density at radius 2 is 1.88 bits per heavy atom. The first-order chi connectivity index (χ1) is 16.0. The van der Waals surface area contributed by atoms with Gasteiger partial charge in [0.25, 0.3) is 5.91 Å². The number of aromatic nitrogens is 1. The number of nitrogens with zero attached hydrogens (tertiary/aromatic N) is 2. The lowest BCUT2D eigenvalue weighted by Gasteiger charge is -2.17. The number of methoxy groups -OCH3 is 3. The van der Waals surface area contributed by atoms with Crippen LogP contribution in [0.1, 0.15) is 16.6 Å². The molecule has 0 saturated heterocycles. The van der Waals surface area contributed by atoms with E-state index in [0.29, 0.717) is 28.6 Å². The van der Waals surface area contributed by atoms with Gasteiger partial charge >= 0.3 is 0 Å². The van der Waals surface area contributed by atoms with E-state index in [0.717, 1.165) is 25.3 Å². The van der Waals surface area contributed by atoms with E-state index in [2.05, 4.69) is 16.4 Å². The molecule has 4 aromatic rings. The minimum atomic E-state index is -0.928. The lowest BCUT2D eigenvalue weighted by Crippen LogP contribution is -2.32. The molecule has 8 nitrogen and oxygen atoms in total. The second kappa shape index (κ2) is 9.52. The van der Waals surface area contributed by atoms with Gasteiger partial charge in [-0.3, -0.25) is 4.79 Å². The van der Waals surface area contributed by atoms with E-state index in [1.54, 1.807) is 34.8 Å². The zero-order valence-corrected chi connectivity index (χ0v) is 20.1. The van der Waals surface area contributed by atoms with Gasteiger partial charge in [0, 0.05) is 11.5 Å². The summed E-state index contributed by atoms with van der Waals surface area (Å²) < 4.78 is 23.9. The van der Waals surface area contributed by atoms with Crippen LogP contribution in [0, 0.1) is 18.3 Å². The molecule has 0 aliphatic rings. The highest BCUT2D eigenvalue weighted by molar-refractivity contribution is 7.21. The molecule has 2 aromatic heterocycles. The lowest BCUT2D eigenvalue weighted by atomic mass is 10.1. The van der Waals surface area contributed by atoms with Crippen molar-refractivity contribution in [2.45, 2.75) is 13.0 Å². The first kappa shape index (κ1) is 22.6. The van der Waals surface area contributed by atoms with Crippen LogP contribution in [0.2, 0.25) is 0 Å². The van der Waals surface area contributed by atoms with Gasteiger partial charge in [0.1, 0.15) is 11.8 Å². The molecule has 0 spiro atoms. The standard InChI is InChI=1S/C23H21N3O5S2/c1-12-25-21-19(33-12)9-16(14-5-6-32-23(14)21)31-11-20(27)26-15(10-24)13-7-17(28-2)22(30-4)18(8-13)29-3/h5-9,15H,11H2,1-4H3,(H,26,27). The molecule has 10 heteroatoms. The summed E-state index contributed by atoms with van der Waals surface area (Å²) in [5.41, 5.74) is 1.45. The van der Waals surface area contributed by atoms with E-state index in [4.69, 9.17) is 18.9 Å². The molecule has 1 N–H and O–H groups in total. The van der Waals surface area contributed by atoms with Crippen LogP contribution < -0.4 is 24.3 Å². The second-order valence-corrected chi connectivity index (χ2v) is 9.15. The van der Waals surface area contributed by atoms with Gasteiger partial charge in [0.05, 0.1) is 47.3 Å². The normalized spacial score (nSPS) is 11.7. The molecule has 0 aliphatic heterocycles. The average Bonchev–Trinajstić information content (AvgIpc) is 3.45. The van der Waals surface area contributed by atoms with E-state index in [1.807, 2.05) is 24.4 Å². The molecule has 1 amide bonds. The Labute approximate surface area is 198 Å². The maximum atomic E-state index is 12.7. The highest BCUT2D eigenvalue weighted by Gasteiger charge is 2.21. The van der Waals surface area contributed by atoms with Crippen molar-refractivity contribution in [2.75, 3.05) is 27.9 Å². The smallest absolute Gasteiger partial charge is 0.259 e. The second-order valence-electron chi connectivity index (χ2n) is 6.99. The Kier molecular flexibility index (Phi) is 6.53. The number of ether oxygens (including phenoxy) is 4. The van der Waals surface area contributed by atoms with Crippen molar-refractivity contribution in [1.82, 2.24) is 10.3 Å². The first-order valence-corrected chi connectivity index (χ1v) is 11.6. The molecule has 0 aliphatic carbocycles. The van der Waals surface area contributed by atoms with Crippen molar-refractivity contribution in [1.29, 1.82) is 5.26 Å². The summed E-state index contributed by atoms with van der Waals surface area (Å²) in [5.74, 6) is 1.37. The summed E-state index contributed by atoms with van der Waals surface area (Å²) in [7, 11) is 4.47. The van der Waals surface area contributed by atoms with Crippen molar-refractivity contribution in [3.63, 3.8) is 0 Å². The molecule has 0 saturated carbocycles. The van der Waals surface area contributed by atoms with E-state index in [9.17, 15) is 10.1 Å². The van der Waals surface area contributed by atoms with Crippen LogP contribution in [0.25, 0.3) is 20.3 Å². The average molecular weight is 484 g/mol. The zero-order valence-electron chi connectivity index (χ0n) is 18.4. The first-order valence-electron chi connectivity index (χ1n) is 9.88. The van der Waals surface area contributed by atoms with Crippen molar-refractivity contribution < 1.29 is 23.7 Å². The molecule has 1 atom stereocenters. The molecule has 0 fully saturated rings. The van der Waals surface area contributed by atoms with Crippen LogP contribution in [-0.2, 0) is 4.79 Å². The third-order valence-corrected chi connectivity index (χ3v) is 6.82. The molecule has 2 aromatic carbocycles. The highest BCUT2D eigenvalue weighted by Crippen LogP contribution is 2.40. The van der Waals surface area contributed by atoms with Crippen LogP contribution in [0.4, 0.5) is 0 Å². The summed E-state index contributed by atoms with van der Waals surface area (Å²) in [4.78, 5) is 17.3. The van der Waals surface area contributed by atoms with Crippen LogP contribution in [0.15, 0.2) is 29.6 Å². The predicted octanol–water partition coefficient (Wildman–Crippen LogP) is 4.61. The molecule has 0 radical (unpaired) electrons. The van der Waals surface area contributed by atoms with Gasteiger partial charge in [-0.2, -0.15) is 5.26 Å². The van der Waals surface area contributed by atoms with E-state index in [-0.39, 0.29) is 6.61 Å². The minimum absolute atomic E-state index is 0.239. The summed E-state index contributed by atoms with van der Waals surface area (Å²) in [6, 6.07) is 8.29. The summed E-state index contributed by atoms with van der Waals surface area (Å²) >= 11 is 3.16. The summed E-state index contributed by atoms with van der Waals surface area (Å²) in [5, 5.41) is 16.2. The Morgan fingerprint density at radius 3 is 2.52 bits per heavy atom. The number of nitrogens with one attached hydrogen (secondary N) is 1. The fourth-order valence-electron chi connectivity index (χ4n) is 3.51. The topological polar surface area (TPSA) is 103 Å². The molecule has 2 heterocycles. The molecule has 4 rings (SSSR count). The van der Waals surface area contributed by atoms with Gasteiger partial charge in [0.2, 0.25) is 5.75 Å². The number of carbonyl (C=O) groups excluding carboxylic acids is 1. The fourth-order valence-corrected chi connectivity index (χ4v) is 5.34. The molecule has 170 valence electrons. The maximum Gasteiger partial charge on any atom is 0.259 e. The molecule has 0 bridgehead atoms. The van der Waals surface area contributed by atoms with Crippen LogP contribution in [-0.4, -0.2) is 38.8 Å². The van der Waals surface area contributed by atoms with Crippen LogP contribution in [0.5, 0.6) is 23.0 Å². The summed E-state index contributed by atoms with van der Waals surface area (Å²) in [6.07, 6.45) is 0. The molecule has 33 heavy (non-hydrogen) atoms. The molecule has 1 unspecified atom stereocenters. The number of nitriles is 1. The molecular weight excluding hydrogens is 462 g/mol. The number of hydrogen-bond donors (Lipinski definition) is 1. The lowest BCUT2D eigenvalue weighted by molar-refractivity contribution is -0.123. The van der Waals surface area contributed by atoms with Crippen molar-refractivity contribution in [3.05, 3.63) is 40.2 Å². The van der Waals surface area contributed by atoms with Crippen molar-refractivity contribution in [3.8, 4) is 29.1 Å². The number of benzene rings is 2. The highest BCUT2D eigenvalue weighted by atomic mass is 32.1.